The number of piperidine rings is 2. The van der Waals surface area contributed by atoms with Gasteiger partial charge < -0.3 is 24.0 Å². The largest absolute Gasteiger partial charge is 0.473 e. The highest BCUT2D eigenvalue weighted by Gasteiger charge is 2.34. The van der Waals surface area contributed by atoms with Crippen molar-refractivity contribution in [1.82, 2.24) is 19.7 Å². The Hall–Kier alpha value is -5.05. The molecule has 0 unspecified atom stereocenters. The summed E-state index contributed by atoms with van der Waals surface area (Å²) in [6, 6.07) is 30.8. The van der Waals surface area contributed by atoms with Crippen molar-refractivity contribution >= 4 is 22.7 Å². The summed E-state index contributed by atoms with van der Waals surface area (Å²) in [7, 11) is 2.01. The summed E-state index contributed by atoms with van der Waals surface area (Å²) in [5, 5.41) is 6.07. The molecule has 3 aromatic carbocycles. The molecule has 2 aliphatic rings. The third kappa shape index (κ3) is 8.78. The van der Waals surface area contributed by atoms with Crippen molar-refractivity contribution in [3.05, 3.63) is 102 Å². The van der Waals surface area contributed by atoms with Crippen molar-refractivity contribution in [2.75, 3.05) is 31.1 Å². The van der Waals surface area contributed by atoms with Gasteiger partial charge in [0.25, 0.3) is 0 Å². The maximum Gasteiger partial charge on any atom is 0.410 e. The summed E-state index contributed by atoms with van der Waals surface area (Å²) in [4.78, 5) is 21.8. The van der Waals surface area contributed by atoms with Crippen LogP contribution in [-0.4, -0.2) is 57.5 Å². The number of anilines is 1. The van der Waals surface area contributed by atoms with Crippen LogP contribution in [0, 0.1) is 17.8 Å². The molecule has 0 spiro atoms. The first-order valence-corrected chi connectivity index (χ1v) is 19.2. The number of pyridine rings is 1. The van der Waals surface area contributed by atoms with E-state index in [2.05, 4.69) is 30.0 Å². The Morgan fingerprint density at radius 1 is 0.792 bits per heavy atom. The number of amides is 1. The summed E-state index contributed by atoms with van der Waals surface area (Å²) in [6.45, 7) is 12.7. The molecule has 7 rings (SSSR count). The molecule has 5 aromatic rings. The molecule has 278 valence electrons. The van der Waals surface area contributed by atoms with Crippen LogP contribution in [0.5, 0.6) is 11.8 Å². The van der Waals surface area contributed by atoms with Gasteiger partial charge >= 0.3 is 6.09 Å². The molecule has 1 amide bonds. The number of nitrogens with zero attached hydrogens (tertiary/aromatic N) is 5. The highest BCUT2D eigenvalue weighted by molar-refractivity contribution is 5.96. The second-order valence-corrected chi connectivity index (χ2v) is 15.7. The van der Waals surface area contributed by atoms with Crippen molar-refractivity contribution in [2.24, 2.45) is 24.8 Å². The van der Waals surface area contributed by atoms with E-state index in [0.717, 1.165) is 72.3 Å². The molecule has 2 saturated heterocycles. The van der Waals surface area contributed by atoms with Gasteiger partial charge in [-0.25, -0.2) is 4.79 Å². The molecule has 2 aromatic heterocycles. The third-order valence-electron chi connectivity index (χ3n) is 11.0. The van der Waals surface area contributed by atoms with Crippen LogP contribution < -0.4 is 14.4 Å². The summed E-state index contributed by atoms with van der Waals surface area (Å²) in [5.74, 6) is 2.98. The predicted octanol–water partition coefficient (Wildman–Crippen LogP) is 9.29. The molecule has 0 N–H and O–H groups in total. The lowest BCUT2D eigenvalue weighted by molar-refractivity contribution is 0.0142. The number of hydrogen-bond acceptors (Lipinski definition) is 7. The normalized spacial score (nSPS) is 16.5. The van der Waals surface area contributed by atoms with Crippen LogP contribution in [0.2, 0.25) is 0 Å². The van der Waals surface area contributed by atoms with E-state index in [1.165, 1.54) is 18.5 Å². The van der Waals surface area contributed by atoms with E-state index in [9.17, 15) is 4.79 Å². The van der Waals surface area contributed by atoms with Crippen LogP contribution in [0.1, 0.15) is 64.5 Å². The molecule has 0 saturated carbocycles. The molecule has 4 heterocycles. The minimum Gasteiger partial charge on any atom is -0.473 e. The van der Waals surface area contributed by atoms with Crippen molar-refractivity contribution in [3.63, 3.8) is 0 Å². The maximum absolute atomic E-state index is 12.6. The number of rotatable bonds is 10. The Bertz CT molecular complexity index is 1970. The molecule has 0 radical (unpaired) electrons. The van der Waals surface area contributed by atoms with E-state index in [0.29, 0.717) is 42.7 Å². The Morgan fingerprint density at radius 3 is 2.02 bits per heavy atom. The van der Waals surface area contributed by atoms with E-state index in [-0.39, 0.29) is 6.09 Å². The van der Waals surface area contributed by atoms with Gasteiger partial charge in [-0.1, -0.05) is 67.6 Å². The molecule has 1 atom stereocenters. The average molecular weight is 716 g/mol. The minimum atomic E-state index is -0.456. The second-order valence-electron chi connectivity index (χ2n) is 15.7. The lowest BCUT2D eigenvalue weighted by Crippen LogP contribution is -2.44. The highest BCUT2D eigenvalue weighted by Crippen LogP contribution is 2.39. The van der Waals surface area contributed by atoms with E-state index in [1.54, 1.807) is 0 Å². The van der Waals surface area contributed by atoms with Gasteiger partial charge in [0.05, 0.1) is 11.1 Å². The molecular weight excluding hydrogens is 663 g/mol. The smallest absolute Gasteiger partial charge is 0.410 e. The zero-order valence-corrected chi connectivity index (χ0v) is 31.8. The zero-order chi connectivity index (χ0) is 37.0. The highest BCUT2D eigenvalue weighted by atomic mass is 16.6. The molecular formula is C44H53N5O4. The van der Waals surface area contributed by atoms with Crippen LogP contribution >= 0.6 is 0 Å². The van der Waals surface area contributed by atoms with Gasteiger partial charge in [0, 0.05) is 50.4 Å². The van der Waals surface area contributed by atoms with E-state index >= 15 is 0 Å². The Labute approximate surface area is 313 Å². The molecule has 0 aliphatic carbocycles. The number of carbonyl (C=O) groups excluding carboxylic acids is 1. The fraction of sp³-hybridized carbons (Fsp3) is 0.432. The summed E-state index contributed by atoms with van der Waals surface area (Å²) >= 11 is 0. The first-order valence-electron chi connectivity index (χ1n) is 19.2. The monoisotopic (exact) mass is 715 g/mol. The lowest BCUT2D eigenvalue weighted by Gasteiger charge is -2.41. The Balaban J connectivity index is 1.03. The van der Waals surface area contributed by atoms with Gasteiger partial charge in [-0.05, 0) is 99.6 Å². The topological polar surface area (TPSA) is 82.0 Å². The first kappa shape index (κ1) is 36.3. The molecule has 2 aliphatic heterocycles. The minimum absolute atomic E-state index is 0.176. The van der Waals surface area contributed by atoms with Crippen LogP contribution in [-0.2, 0) is 25.0 Å². The van der Waals surface area contributed by atoms with Crippen LogP contribution in [0.15, 0.2) is 91.0 Å². The van der Waals surface area contributed by atoms with Crippen molar-refractivity contribution in [3.8, 4) is 23.0 Å². The standard InChI is InChI=1S/C44H53N5O4/c1-31(35-22-26-49(27-23-35)43(50)53-44(2,3)4)34-20-24-48(25-21-34)36-16-17-37-39(28-36)47(5)46-41(37)38-18-19-40(51-29-32-12-8-6-9-13-32)45-42(38)52-30-33-14-10-7-11-15-33/h6-19,28,31,34-35H,20-27,29-30H2,1-5H3/t31-/m0/s1. The van der Waals surface area contributed by atoms with Gasteiger partial charge in [0.15, 0.2) is 0 Å². The summed E-state index contributed by atoms with van der Waals surface area (Å²) in [5.41, 5.74) is 5.65. The van der Waals surface area contributed by atoms with E-state index < -0.39 is 5.60 Å². The lowest BCUT2D eigenvalue weighted by atomic mass is 9.74. The number of ether oxygens (including phenoxy) is 3. The van der Waals surface area contributed by atoms with E-state index in [1.807, 2.05) is 110 Å². The van der Waals surface area contributed by atoms with E-state index in [4.69, 9.17) is 24.3 Å². The second kappa shape index (κ2) is 15.9. The number of hydrogen-bond donors (Lipinski definition) is 0. The fourth-order valence-electron chi connectivity index (χ4n) is 7.90. The fourth-order valence-corrected chi connectivity index (χ4v) is 7.90. The number of benzene rings is 3. The van der Waals surface area contributed by atoms with Gasteiger partial charge in [-0.3, -0.25) is 4.68 Å². The first-order chi connectivity index (χ1) is 25.6. The predicted molar refractivity (Wildman–Crippen MR) is 210 cm³/mol. The van der Waals surface area contributed by atoms with Crippen LogP contribution in [0.4, 0.5) is 10.5 Å². The van der Waals surface area contributed by atoms with Gasteiger partial charge in [0.1, 0.15) is 24.5 Å². The van der Waals surface area contributed by atoms with Gasteiger partial charge in [-0.2, -0.15) is 10.1 Å². The molecule has 9 nitrogen and oxygen atoms in total. The van der Waals surface area contributed by atoms with Crippen molar-refractivity contribution in [1.29, 1.82) is 0 Å². The SMILES string of the molecule is C[C@H](C1CCN(C(=O)OC(C)(C)C)CC1)C1CCN(c2ccc3c(-c4ccc(OCc5ccccc5)nc4OCc4ccccc4)nn(C)c3c2)CC1. The van der Waals surface area contributed by atoms with Gasteiger partial charge in [0.2, 0.25) is 11.8 Å². The average Bonchev–Trinajstić information content (AvgIpc) is 3.51. The van der Waals surface area contributed by atoms with Gasteiger partial charge in [-0.15, -0.1) is 0 Å². The number of fused-ring (bicyclic) bond motifs is 1. The Kier molecular flexibility index (Phi) is 10.9. The number of likely N-dealkylation sites (tertiary alicyclic amines) is 1. The Morgan fingerprint density at radius 2 is 1.40 bits per heavy atom. The van der Waals surface area contributed by atoms with Crippen LogP contribution in [0.25, 0.3) is 22.2 Å². The van der Waals surface area contributed by atoms with Crippen molar-refractivity contribution in [2.45, 2.75) is 72.2 Å². The molecule has 0 bridgehead atoms. The number of aromatic nitrogens is 3. The number of aryl methyl sites for hydroxylation is 1. The number of carbonyl (C=O) groups is 1. The quantitative estimate of drug-likeness (QED) is 0.143. The zero-order valence-electron chi connectivity index (χ0n) is 31.8. The molecule has 2 fully saturated rings. The molecule has 53 heavy (non-hydrogen) atoms. The summed E-state index contributed by atoms with van der Waals surface area (Å²) < 4.78 is 20.1. The maximum atomic E-state index is 12.6. The van der Waals surface area contributed by atoms with Crippen molar-refractivity contribution < 1.29 is 19.0 Å². The third-order valence-corrected chi connectivity index (χ3v) is 11.0. The molecule has 9 heteroatoms. The summed E-state index contributed by atoms with van der Waals surface area (Å²) in [6.07, 6.45) is 4.28. The van der Waals surface area contributed by atoms with Crippen LogP contribution in [0.3, 0.4) is 0 Å².